The number of rotatable bonds is 2. The van der Waals surface area contributed by atoms with Gasteiger partial charge in [0.2, 0.25) is 0 Å². The summed E-state index contributed by atoms with van der Waals surface area (Å²) >= 11 is 1.55. The zero-order valence-corrected chi connectivity index (χ0v) is 15.7. The smallest absolute Gasteiger partial charge is 0.259 e. The molecule has 0 radical (unpaired) electrons. The quantitative estimate of drug-likeness (QED) is 0.885. The average Bonchev–Trinajstić information content (AvgIpc) is 2.92. The molecule has 5 nitrogen and oxygen atoms in total. The molecule has 132 valence electrons. The van der Waals surface area contributed by atoms with Crippen LogP contribution in [-0.2, 0) is 6.54 Å². The highest BCUT2D eigenvalue weighted by Gasteiger charge is 2.39. The first kappa shape index (κ1) is 17.9. The van der Waals surface area contributed by atoms with Crippen LogP contribution in [0.1, 0.15) is 43.5 Å². The maximum absolute atomic E-state index is 12.4. The normalized spacial score (nSPS) is 21.0. The van der Waals surface area contributed by atoms with Crippen LogP contribution in [0.2, 0.25) is 0 Å². The number of hydrogen-bond donors (Lipinski definition) is 1. The molecule has 3 heterocycles. The standard InChI is InChI=1S/C17H24N4OS.ClH/c1-13-11-23-16-19-14(9-15(22)21(13)16)10-20-8-7-18-12-17(20)5-3-2-4-6-17;/h9,11,18H,2-8,10,12H2,1H3;1H. The topological polar surface area (TPSA) is 49.6 Å². The van der Waals surface area contributed by atoms with E-state index in [9.17, 15) is 4.79 Å². The summed E-state index contributed by atoms with van der Waals surface area (Å²) in [5.74, 6) is 0. The van der Waals surface area contributed by atoms with Crippen LogP contribution in [0.3, 0.4) is 0 Å². The molecule has 2 aliphatic rings. The van der Waals surface area contributed by atoms with Crippen molar-refractivity contribution >= 4 is 28.7 Å². The van der Waals surface area contributed by atoms with Crippen LogP contribution in [0.15, 0.2) is 16.2 Å². The van der Waals surface area contributed by atoms with Gasteiger partial charge in [0.15, 0.2) is 4.96 Å². The van der Waals surface area contributed by atoms with Gasteiger partial charge in [-0.25, -0.2) is 4.98 Å². The highest BCUT2D eigenvalue weighted by atomic mass is 35.5. The molecule has 2 aromatic rings. The van der Waals surface area contributed by atoms with Crippen molar-refractivity contribution in [2.75, 3.05) is 19.6 Å². The summed E-state index contributed by atoms with van der Waals surface area (Å²) in [7, 11) is 0. The molecule has 0 atom stereocenters. The fraction of sp³-hybridized carbons (Fsp3) is 0.647. The SMILES string of the molecule is Cc1csc2nc(CN3CCNCC34CCCCC4)cc(=O)n12.Cl. The molecule has 1 saturated carbocycles. The lowest BCUT2D eigenvalue weighted by molar-refractivity contribution is 0.0199. The minimum atomic E-state index is 0. The van der Waals surface area contributed by atoms with E-state index in [2.05, 4.69) is 10.2 Å². The van der Waals surface area contributed by atoms with E-state index in [0.717, 1.165) is 42.5 Å². The highest BCUT2D eigenvalue weighted by molar-refractivity contribution is 7.15. The first-order valence-electron chi connectivity index (χ1n) is 8.61. The molecule has 0 unspecified atom stereocenters. The monoisotopic (exact) mass is 368 g/mol. The molecular weight excluding hydrogens is 344 g/mol. The van der Waals surface area contributed by atoms with E-state index in [0.29, 0.717) is 0 Å². The number of nitrogens with zero attached hydrogens (tertiary/aromatic N) is 3. The van der Waals surface area contributed by atoms with Gasteiger partial charge in [-0.1, -0.05) is 19.3 Å². The predicted molar refractivity (Wildman–Crippen MR) is 100 cm³/mol. The molecule has 0 amide bonds. The van der Waals surface area contributed by atoms with Crippen LogP contribution in [0.4, 0.5) is 0 Å². The Morgan fingerprint density at radius 1 is 1.33 bits per heavy atom. The highest BCUT2D eigenvalue weighted by Crippen LogP contribution is 2.35. The Morgan fingerprint density at radius 3 is 2.92 bits per heavy atom. The second-order valence-electron chi connectivity index (χ2n) is 6.96. The lowest BCUT2D eigenvalue weighted by Crippen LogP contribution is -2.61. The number of halogens is 1. The molecule has 1 aliphatic carbocycles. The zero-order chi connectivity index (χ0) is 15.9. The molecule has 0 aromatic carbocycles. The molecule has 1 saturated heterocycles. The van der Waals surface area contributed by atoms with Gasteiger partial charge in [0.1, 0.15) is 0 Å². The van der Waals surface area contributed by atoms with E-state index in [-0.39, 0.29) is 23.5 Å². The lowest BCUT2D eigenvalue weighted by Gasteiger charge is -2.49. The molecule has 1 N–H and O–H groups in total. The van der Waals surface area contributed by atoms with Crippen molar-refractivity contribution in [3.05, 3.63) is 33.2 Å². The molecule has 1 aliphatic heterocycles. The van der Waals surface area contributed by atoms with Gasteiger partial charge < -0.3 is 5.32 Å². The van der Waals surface area contributed by atoms with Crippen LogP contribution in [0.5, 0.6) is 0 Å². The lowest BCUT2D eigenvalue weighted by atomic mass is 9.79. The third kappa shape index (κ3) is 3.12. The van der Waals surface area contributed by atoms with Crippen molar-refractivity contribution < 1.29 is 0 Å². The second-order valence-corrected chi connectivity index (χ2v) is 7.80. The molecule has 1 spiro atoms. The largest absolute Gasteiger partial charge is 0.314 e. The van der Waals surface area contributed by atoms with Crippen molar-refractivity contribution in [2.24, 2.45) is 0 Å². The van der Waals surface area contributed by atoms with Gasteiger partial charge in [-0.15, -0.1) is 23.7 Å². The van der Waals surface area contributed by atoms with Crippen molar-refractivity contribution in [3.8, 4) is 0 Å². The summed E-state index contributed by atoms with van der Waals surface area (Å²) in [6.07, 6.45) is 6.52. The minimum absolute atomic E-state index is 0. The Morgan fingerprint density at radius 2 is 2.12 bits per heavy atom. The van der Waals surface area contributed by atoms with Crippen LogP contribution in [-0.4, -0.2) is 39.5 Å². The van der Waals surface area contributed by atoms with Crippen LogP contribution in [0, 0.1) is 6.92 Å². The van der Waals surface area contributed by atoms with Gasteiger partial charge in [0.25, 0.3) is 5.56 Å². The first-order valence-corrected chi connectivity index (χ1v) is 9.49. The minimum Gasteiger partial charge on any atom is -0.314 e. The van der Waals surface area contributed by atoms with Crippen LogP contribution in [0.25, 0.3) is 4.96 Å². The van der Waals surface area contributed by atoms with Crippen molar-refractivity contribution in [2.45, 2.75) is 51.1 Å². The van der Waals surface area contributed by atoms with Gasteiger partial charge in [-0.05, 0) is 19.8 Å². The number of fused-ring (bicyclic) bond motifs is 1. The summed E-state index contributed by atoms with van der Waals surface area (Å²) in [6, 6.07) is 1.73. The van der Waals surface area contributed by atoms with E-state index in [1.54, 1.807) is 21.8 Å². The summed E-state index contributed by atoms with van der Waals surface area (Å²) in [6.45, 7) is 5.90. The van der Waals surface area contributed by atoms with Crippen molar-refractivity contribution in [1.29, 1.82) is 0 Å². The fourth-order valence-corrected chi connectivity index (χ4v) is 5.10. The van der Waals surface area contributed by atoms with E-state index in [4.69, 9.17) is 4.98 Å². The van der Waals surface area contributed by atoms with Gasteiger partial charge >= 0.3 is 0 Å². The number of aromatic nitrogens is 2. The van der Waals surface area contributed by atoms with Gasteiger partial charge in [-0.3, -0.25) is 14.1 Å². The summed E-state index contributed by atoms with van der Waals surface area (Å²) in [5, 5.41) is 5.58. The molecule has 2 aromatic heterocycles. The van der Waals surface area contributed by atoms with Crippen LogP contribution < -0.4 is 10.9 Å². The summed E-state index contributed by atoms with van der Waals surface area (Å²) in [4.78, 5) is 20.5. The van der Waals surface area contributed by atoms with Gasteiger partial charge in [0.05, 0.1) is 5.69 Å². The Kier molecular flexibility index (Phi) is 5.30. The van der Waals surface area contributed by atoms with Crippen LogP contribution >= 0.6 is 23.7 Å². The zero-order valence-electron chi connectivity index (χ0n) is 14.1. The van der Waals surface area contributed by atoms with Gasteiger partial charge in [-0.2, -0.15) is 0 Å². The Hall–Kier alpha value is -0.950. The fourth-order valence-electron chi connectivity index (χ4n) is 4.21. The van der Waals surface area contributed by atoms with E-state index in [1.165, 1.54) is 32.1 Å². The number of nitrogens with one attached hydrogen (secondary N) is 1. The molecule has 24 heavy (non-hydrogen) atoms. The Bertz CT molecular complexity index is 757. The number of thiazole rings is 1. The summed E-state index contributed by atoms with van der Waals surface area (Å²) < 4.78 is 1.71. The molecular formula is C17H25ClN4OS. The Labute approximate surface area is 152 Å². The van der Waals surface area contributed by atoms with Gasteiger partial charge in [0, 0.05) is 48.9 Å². The molecule has 2 fully saturated rings. The second kappa shape index (κ2) is 7.12. The maximum Gasteiger partial charge on any atom is 0.259 e. The van der Waals surface area contributed by atoms with E-state index >= 15 is 0 Å². The first-order chi connectivity index (χ1) is 11.2. The van der Waals surface area contributed by atoms with E-state index < -0.39 is 0 Å². The third-order valence-corrected chi connectivity index (χ3v) is 6.39. The molecule has 7 heteroatoms. The average molecular weight is 369 g/mol. The number of piperazine rings is 1. The third-order valence-electron chi connectivity index (χ3n) is 5.45. The number of hydrogen-bond acceptors (Lipinski definition) is 5. The number of aryl methyl sites for hydroxylation is 1. The van der Waals surface area contributed by atoms with Crippen molar-refractivity contribution in [1.82, 2.24) is 19.6 Å². The predicted octanol–water partition coefficient (Wildman–Crippen LogP) is 2.59. The summed E-state index contributed by atoms with van der Waals surface area (Å²) in [5.41, 5.74) is 2.22. The van der Waals surface area contributed by atoms with E-state index in [1.807, 2.05) is 12.3 Å². The molecule has 0 bridgehead atoms. The molecule has 4 rings (SSSR count). The maximum atomic E-state index is 12.4. The van der Waals surface area contributed by atoms with Crippen molar-refractivity contribution in [3.63, 3.8) is 0 Å². The Balaban J connectivity index is 0.00000169.